The van der Waals surface area contributed by atoms with E-state index in [-0.39, 0.29) is 5.82 Å². The number of rotatable bonds is 4. The molecule has 0 spiro atoms. The van der Waals surface area contributed by atoms with Gasteiger partial charge in [-0.15, -0.1) is 0 Å². The third kappa shape index (κ3) is 4.80. The molecular weight excluding hydrogens is 321 g/mol. The molecule has 6 heteroatoms. The van der Waals surface area contributed by atoms with Gasteiger partial charge in [0.05, 0.1) is 0 Å². The van der Waals surface area contributed by atoms with Crippen LogP contribution < -0.4 is 5.32 Å². The number of nitrogens with zero attached hydrogens (tertiary/aromatic N) is 2. The Hall–Kier alpha value is -0.910. The van der Waals surface area contributed by atoms with E-state index in [9.17, 15) is 4.39 Å². The van der Waals surface area contributed by atoms with Crippen molar-refractivity contribution in [1.29, 1.82) is 0 Å². The predicted octanol–water partition coefficient (Wildman–Crippen LogP) is 3.13. The summed E-state index contributed by atoms with van der Waals surface area (Å²) in [5, 5.41) is 4.61. The quantitative estimate of drug-likeness (QED) is 0.846. The highest BCUT2D eigenvalue weighted by Crippen LogP contribution is 2.21. The smallest absolute Gasteiger partial charge is 0.169 e. The molecule has 0 aliphatic carbocycles. The summed E-state index contributed by atoms with van der Waals surface area (Å²) >= 11 is 11.5. The molecule has 22 heavy (non-hydrogen) atoms. The number of thiocarbonyl (C=S) groups is 1. The van der Waals surface area contributed by atoms with Crippen LogP contribution in [0.2, 0.25) is 5.02 Å². The summed E-state index contributed by atoms with van der Waals surface area (Å²) in [4.78, 5) is 4.39. The number of benzene rings is 1. The minimum atomic E-state index is -0.232. The molecule has 1 aromatic carbocycles. The zero-order chi connectivity index (χ0) is 16.1. The average Bonchev–Trinajstić information content (AvgIpc) is 2.49. The lowest BCUT2D eigenvalue weighted by atomic mass is 10.2. The lowest BCUT2D eigenvalue weighted by Crippen LogP contribution is -2.51. The lowest BCUT2D eigenvalue weighted by molar-refractivity contribution is 0.173. The first-order chi connectivity index (χ1) is 10.5. The van der Waals surface area contributed by atoms with Crippen molar-refractivity contribution in [3.8, 4) is 0 Å². The van der Waals surface area contributed by atoms with E-state index in [1.807, 2.05) is 0 Å². The van der Waals surface area contributed by atoms with Gasteiger partial charge in [-0.1, -0.05) is 31.5 Å². The maximum atomic E-state index is 13.8. The van der Waals surface area contributed by atoms with E-state index in [1.54, 1.807) is 12.1 Å². The van der Waals surface area contributed by atoms with Crippen LogP contribution in [-0.4, -0.2) is 47.6 Å². The van der Waals surface area contributed by atoms with Crippen molar-refractivity contribution in [2.24, 2.45) is 5.92 Å². The molecule has 0 unspecified atom stereocenters. The minimum absolute atomic E-state index is 0.232. The van der Waals surface area contributed by atoms with Gasteiger partial charge in [0.15, 0.2) is 5.11 Å². The molecule has 0 amide bonds. The maximum Gasteiger partial charge on any atom is 0.169 e. The standard InChI is InChI=1S/C16H23ClFN3S/c1-12(2)10-19-16(22)21-8-6-20(7-9-21)11-13-14(17)4-3-5-15(13)18/h3-5,12H,6-11H2,1-2H3,(H,19,22). The Morgan fingerprint density at radius 1 is 1.32 bits per heavy atom. The molecule has 3 nitrogen and oxygen atoms in total. The molecule has 122 valence electrons. The summed E-state index contributed by atoms with van der Waals surface area (Å²) in [5.41, 5.74) is 0.582. The van der Waals surface area contributed by atoms with Gasteiger partial charge in [-0.2, -0.15) is 0 Å². The molecule has 0 aromatic heterocycles. The number of halogens is 2. The third-order valence-electron chi connectivity index (χ3n) is 3.76. The van der Waals surface area contributed by atoms with Crippen molar-refractivity contribution >= 4 is 28.9 Å². The second kappa shape index (κ2) is 8.09. The van der Waals surface area contributed by atoms with Crippen LogP contribution in [0, 0.1) is 11.7 Å². The Morgan fingerprint density at radius 2 is 2.00 bits per heavy atom. The molecule has 1 fully saturated rings. The molecule has 2 rings (SSSR count). The van der Waals surface area contributed by atoms with E-state index in [4.69, 9.17) is 23.8 Å². The molecule has 0 atom stereocenters. The largest absolute Gasteiger partial charge is 0.362 e. The van der Waals surface area contributed by atoms with Crippen molar-refractivity contribution < 1.29 is 4.39 Å². The molecular formula is C16H23ClFN3S. The third-order valence-corrected chi connectivity index (χ3v) is 4.52. The van der Waals surface area contributed by atoms with Crippen LogP contribution in [-0.2, 0) is 6.54 Å². The van der Waals surface area contributed by atoms with Gasteiger partial charge in [-0.05, 0) is 30.3 Å². The Labute approximate surface area is 142 Å². The molecule has 1 aliphatic heterocycles. The Kier molecular flexibility index (Phi) is 6.41. The molecule has 1 heterocycles. The fraction of sp³-hybridized carbons (Fsp3) is 0.562. The first kappa shape index (κ1) is 17.4. The molecule has 1 aliphatic rings. The van der Waals surface area contributed by atoms with Crippen LogP contribution >= 0.6 is 23.8 Å². The summed E-state index contributed by atoms with van der Waals surface area (Å²) in [5.74, 6) is 0.339. The SMILES string of the molecule is CC(C)CNC(=S)N1CCN(Cc2c(F)cccc2Cl)CC1. The van der Waals surface area contributed by atoms with Gasteiger partial charge in [0, 0.05) is 49.9 Å². The van der Waals surface area contributed by atoms with Crippen LogP contribution in [0.1, 0.15) is 19.4 Å². The topological polar surface area (TPSA) is 18.5 Å². The highest BCUT2D eigenvalue weighted by Gasteiger charge is 2.20. The Morgan fingerprint density at radius 3 is 2.59 bits per heavy atom. The van der Waals surface area contributed by atoms with Crippen LogP contribution in [0.25, 0.3) is 0 Å². The van der Waals surface area contributed by atoms with Gasteiger partial charge in [-0.3, -0.25) is 4.90 Å². The Bertz CT molecular complexity index is 496. The first-order valence-corrected chi connectivity index (χ1v) is 8.44. The second-order valence-electron chi connectivity index (χ2n) is 6.04. The summed E-state index contributed by atoms with van der Waals surface area (Å²) < 4.78 is 13.8. The first-order valence-electron chi connectivity index (χ1n) is 7.65. The van der Waals surface area contributed by atoms with Crippen molar-refractivity contribution in [3.63, 3.8) is 0 Å². The fourth-order valence-corrected chi connectivity index (χ4v) is 2.91. The van der Waals surface area contributed by atoms with Gasteiger partial charge >= 0.3 is 0 Å². The van der Waals surface area contributed by atoms with Crippen molar-refractivity contribution in [1.82, 2.24) is 15.1 Å². The van der Waals surface area contributed by atoms with Crippen LogP contribution in [0.4, 0.5) is 4.39 Å². The van der Waals surface area contributed by atoms with Crippen molar-refractivity contribution in [2.45, 2.75) is 20.4 Å². The van der Waals surface area contributed by atoms with E-state index in [0.29, 0.717) is 23.0 Å². The summed E-state index contributed by atoms with van der Waals surface area (Å²) in [6, 6.07) is 4.83. The summed E-state index contributed by atoms with van der Waals surface area (Å²) in [7, 11) is 0. The highest BCUT2D eigenvalue weighted by atomic mass is 35.5. The molecule has 1 N–H and O–H groups in total. The predicted molar refractivity (Wildman–Crippen MR) is 93.7 cm³/mol. The van der Waals surface area contributed by atoms with Gasteiger partial charge in [0.25, 0.3) is 0 Å². The fourth-order valence-electron chi connectivity index (χ4n) is 2.42. The van der Waals surface area contributed by atoms with E-state index in [1.165, 1.54) is 6.07 Å². The lowest BCUT2D eigenvalue weighted by Gasteiger charge is -2.36. The monoisotopic (exact) mass is 343 g/mol. The molecule has 1 saturated heterocycles. The Balaban J connectivity index is 1.83. The van der Waals surface area contributed by atoms with E-state index < -0.39 is 0 Å². The van der Waals surface area contributed by atoms with Gasteiger partial charge < -0.3 is 10.2 Å². The molecule has 0 bridgehead atoms. The summed E-state index contributed by atoms with van der Waals surface area (Å²) in [6.07, 6.45) is 0. The van der Waals surface area contributed by atoms with Crippen molar-refractivity contribution in [2.75, 3.05) is 32.7 Å². The van der Waals surface area contributed by atoms with Gasteiger partial charge in [-0.25, -0.2) is 4.39 Å². The second-order valence-corrected chi connectivity index (χ2v) is 6.84. The van der Waals surface area contributed by atoms with Gasteiger partial charge in [0.2, 0.25) is 0 Å². The molecule has 0 saturated carbocycles. The molecule has 0 radical (unpaired) electrons. The molecule has 1 aromatic rings. The van der Waals surface area contributed by atoms with E-state index >= 15 is 0 Å². The van der Waals surface area contributed by atoms with Crippen LogP contribution in [0.5, 0.6) is 0 Å². The van der Waals surface area contributed by atoms with Crippen LogP contribution in [0.3, 0.4) is 0 Å². The van der Waals surface area contributed by atoms with E-state index in [0.717, 1.165) is 37.8 Å². The number of hydrogen-bond acceptors (Lipinski definition) is 2. The zero-order valence-electron chi connectivity index (χ0n) is 13.1. The average molecular weight is 344 g/mol. The number of nitrogens with one attached hydrogen (secondary N) is 1. The maximum absolute atomic E-state index is 13.8. The summed E-state index contributed by atoms with van der Waals surface area (Å²) in [6.45, 7) is 9.18. The normalized spacial score (nSPS) is 16.1. The van der Waals surface area contributed by atoms with Gasteiger partial charge in [0.1, 0.15) is 5.82 Å². The minimum Gasteiger partial charge on any atom is -0.362 e. The number of piperazine rings is 1. The number of hydrogen-bond donors (Lipinski definition) is 1. The van der Waals surface area contributed by atoms with E-state index in [2.05, 4.69) is 29.0 Å². The van der Waals surface area contributed by atoms with Crippen molar-refractivity contribution in [3.05, 3.63) is 34.6 Å². The highest BCUT2D eigenvalue weighted by molar-refractivity contribution is 7.80. The van der Waals surface area contributed by atoms with Crippen LogP contribution in [0.15, 0.2) is 18.2 Å². The zero-order valence-corrected chi connectivity index (χ0v) is 14.7.